The van der Waals surface area contributed by atoms with Crippen LogP contribution in [0, 0.1) is 10.1 Å². The second-order valence-electron chi connectivity index (χ2n) is 7.05. The van der Waals surface area contributed by atoms with Crippen LogP contribution in [0.3, 0.4) is 0 Å². The number of hydrogen-bond acceptors (Lipinski definition) is 6. The lowest BCUT2D eigenvalue weighted by atomic mass is 10.0. The fraction of sp³-hybridized carbons (Fsp3) is 0.300. The van der Waals surface area contributed by atoms with Gasteiger partial charge in [0, 0.05) is 16.7 Å². The van der Waals surface area contributed by atoms with E-state index in [1.807, 2.05) is 19.1 Å². The van der Waals surface area contributed by atoms with Crippen molar-refractivity contribution in [3.05, 3.63) is 70.2 Å². The summed E-state index contributed by atoms with van der Waals surface area (Å²) in [4.78, 5) is 17.5. The van der Waals surface area contributed by atoms with Crippen molar-refractivity contribution >= 4 is 5.82 Å². The molecule has 0 aliphatic carbocycles. The van der Waals surface area contributed by atoms with E-state index in [0.717, 1.165) is 17.2 Å². The van der Waals surface area contributed by atoms with Crippen LogP contribution in [0.5, 0.6) is 6.01 Å². The van der Waals surface area contributed by atoms with Gasteiger partial charge in [0.25, 0.3) is 0 Å². The lowest BCUT2D eigenvalue weighted by Gasteiger charge is -2.26. The Labute approximate surface area is 174 Å². The summed E-state index contributed by atoms with van der Waals surface area (Å²) in [5, 5.41) is 10.8. The highest BCUT2D eigenvalue weighted by Gasteiger charge is 2.32. The maximum absolute atomic E-state index is 12.7. The predicted molar refractivity (Wildman–Crippen MR) is 102 cm³/mol. The smallest absolute Gasteiger partial charge is 0.433 e. The molecule has 2 atom stereocenters. The number of fused-ring (bicyclic) bond motifs is 1. The number of alkyl halides is 3. The quantitative estimate of drug-likeness (QED) is 0.436. The summed E-state index contributed by atoms with van der Waals surface area (Å²) in [5.41, 5.74) is 1.23. The Morgan fingerprint density at radius 3 is 2.55 bits per heavy atom. The maximum Gasteiger partial charge on any atom is 0.433 e. The van der Waals surface area contributed by atoms with Crippen molar-refractivity contribution < 1.29 is 27.6 Å². The number of pyridine rings is 1. The maximum atomic E-state index is 12.7. The zero-order chi connectivity index (χ0) is 22.2. The molecule has 1 unspecified atom stereocenters. The van der Waals surface area contributed by atoms with Gasteiger partial charge in [-0.3, -0.25) is 9.55 Å². The van der Waals surface area contributed by atoms with Crippen LogP contribution in [0.4, 0.5) is 19.0 Å². The van der Waals surface area contributed by atoms with Crippen molar-refractivity contribution in [3.8, 4) is 17.1 Å². The Hall–Kier alpha value is -3.47. The van der Waals surface area contributed by atoms with Gasteiger partial charge in [0.15, 0.2) is 0 Å². The van der Waals surface area contributed by atoms with Crippen molar-refractivity contribution in [2.75, 3.05) is 6.61 Å². The topological polar surface area (TPSA) is 92.3 Å². The van der Waals surface area contributed by atoms with E-state index in [2.05, 4.69) is 9.97 Å². The summed E-state index contributed by atoms with van der Waals surface area (Å²) in [6.07, 6.45) is -2.59. The number of nitrogens with zero attached hydrogens (tertiary/aromatic N) is 4. The summed E-state index contributed by atoms with van der Waals surface area (Å²) < 4.78 is 51.0. The number of aromatic nitrogens is 3. The minimum atomic E-state index is -4.47. The Morgan fingerprint density at radius 1 is 1.23 bits per heavy atom. The molecule has 4 rings (SSSR count). The highest BCUT2D eigenvalue weighted by atomic mass is 19.4. The summed E-state index contributed by atoms with van der Waals surface area (Å²) in [7, 11) is 0. The van der Waals surface area contributed by atoms with Gasteiger partial charge in [-0.25, -0.2) is 0 Å². The molecule has 3 aromatic rings. The second kappa shape index (κ2) is 7.99. The SMILES string of the molecule is CC(O[C@@H]1COc2nc([N+](=O)[O-])cn2C1)c1ccc(-c2ccc(C(F)(F)F)nc2)cc1. The van der Waals surface area contributed by atoms with E-state index < -0.39 is 16.8 Å². The van der Waals surface area contributed by atoms with Gasteiger partial charge in [-0.2, -0.15) is 13.2 Å². The molecule has 0 amide bonds. The van der Waals surface area contributed by atoms with Crippen LogP contribution in [0.2, 0.25) is 0 Å². The third-order valence-electron chi connectivity index (χ3n) is 4.88. The van der Waals surface area contributed by atoms with E-state index in [1.165, 1.54) is 18.5 Å². The Balaban J connectivity index is 1.40. The molecule has 0 N–H and O–H groups in total. The number of nitro groups is 1. The van der Waals surface area contributed by atoms with Crippen LogP contribution in [-0.2, 0) is 17.5 Å². The molecular weight excluding hydrogens is 417 g/mol. The molecule has 8 nitrogen and oxygen atoms in total. The summed E-state index contributed by atoms with van der Waals surface area (Å²) in [6.45, 7) is 2.45. The molecule has 0 fully saturated rings. The first-order valence-corrected chi connectivity index (χ1v) is 9.34. The third-order valence-corrected chi connectivity index (χ3v) is 4.88. The van der Waals surface area contributed by atoms with Gasteiger partial charge in [-0.05, 0) is 29.0 Å². The van der Waals surface area contributed by atoms with Crippen LogP contribution in [-0.4, -0.2) is 32.2 Å². The first-order valence-electron chi connectivity index (χ1n) is 9.34. The molecule has 0 spiro atoms. The van der Waals surface area contributed by atoms with E-state index in [-0.39, 0.29) is 30.6 Å². The fourth-order valence-electron chi connectivity index (χ4n) is 3.29. The fourth-order valence-corrected chi connectivity index (χ4v) is 3.29. The monoisotopic (exact) mass is 434 g/mol. The number of imidazole rings is 1. The average molecular weight is 434 g/mol. The minimum absolute atomic E-state index is 0.189. The van der Waals surface area contributed by atoms with E-state index in [0.29, 0.717) is 12.1 Å². The molecule has 0 radical (unpaired) electrons. The number of benzene rings is 1. The number of hydrogen-bond donors (Lipinski definition) is 0. The minimum Gasteiger partial charge on any atom is -0.443 e. The summed E-state index contributed by atoms with van der Waals surface area (Å²) in [5.74, 6) is -0.281. The molecule has 162 valence electrons. The zero-order valence-corrected chi connectivity index (χ0v) is 16.2. The first kappa shape index (κ1) is 20.8. The molecule has 3 heterocycles. The first-order chi connectivity index (χ1) is 14.7. The molecule has 1 aliphatic rings. The van der Waals surface area contributed by atoms with Gasteiger partial charge in [-0.1, -0.05) is 30.3 Å². The van der Waals surface area contributed by atoms with Gasteiger partial charge in [0.1, 0.15) is 24.6 Å². The highest BCUT2D eigenvalue weighted by molar-refractivity contribution is 5.62. The van der Waals surface area contributed by atoms with Crippen molar-refractivity contribution in [2.45, 2.75) is 31.9 Å². The number of ether oxygens (including phenoxy) is 2. The van der Waals surface area contributed by atoms with Gasteiger partial charge in [0.2, 0.25) is 0 Å². The lowest BCUT2D eigenvalue weighted by Crippen LogP contribution is -2.32. The predicted octanol–water partition coefficient (Wildman–Crippen LogP) is 4.41. The number of halogens is 3. The van der Waals surface area contributed by atoms with Crippen LogP contribution < -0.4 is 4.74 Å². The number of rotatable bonds is 5. The van der Waals surface area contributed by atoms with Crippen LogP contribution in [0.15, 0.2) is 48.8 Å². The lowest BCUT2D eigenvalue weighted by molar-refractivity contribution is -0.389. The Kier molecular flexibility index (Phi) is 5.36. The molecule has 1 aromatic carbocycles. The Morgan fingerprint density at radius 2 is 1.94 bits per heavy atom. The Bertz CT molecular complexity index is 1080. The molecular formula is C20H17F3N4O4. The second-order valence-corrected chi connectivity index (χ2v) is 7.05. The van der Waals surface area contributed by atoms with E-state index in [4.69, 9.17) is 9.47 Å². The highest BCUT2D eigenvalue weighted by Crippen LogP contribution is 2.30. The van der Waals surface area contributed by atoms with Crippen LogP contribution >= 0.6 is 0 Å². The molecule has 1 aliphatic heterocycles. The molecule has 11 heteroatoms. The van der Waals surface area contributed by atoms with E-state index >= 15 is 0 Å². The average Bonchev–Trinajstić information content (AvgIpc) is 3.17. The van der Waals surface area contributed by atoms with E-state index in [9.17, 15) is 23.3 Å². The molecule has 0 bridgehead atoms. The van der Waals surface area contributed by atoms with Crippen LogP contribution in [0.25, 0.3) is 11.1 Å². The zero-order valence-electron chi connectivity index (χ0n) is 16.2. The molecule has 0 saturated heterocycles. The standard InChI is InChI=1S/C20H17F3N4O4/c1-12(31-16-9-26-10-18(27(28)29)25-19(26)30-11-16)13-2-4-14(5-3-13)15-6-7-17(24-8-15)20(21,22)23/h2-8,10,12,16H,9,11H2,1H3/t12?,16-/m0/s1. The van der Waals surface area contributed by atoms with Crippen LogP contribution in [0.1, 0.15) is 24.3 Å². The van der Waals surface area contributed by atoms with Crippen molar-refractivity contribution in [3.63, 3.8) is 0 Å². The molecule has 0 saturated carbocycles. The third kappa shape index (κ3) is 4.50. The normalized spacial score (nSPS) is 17.0. The van der Waals surface area contributed by atoms with Crippen molar-refractivity contribution in [1.82, 2.24) is 14.5 Å². The van der Waals surface area contributed by atoms with Gasteiger partial charge < -0.3 is 19.6 Å². The van der Waals surface area contributed by atoms with Gasteiger partial charge >= 0.3 is 18.0 Å². The summed E-state index contributed by atoms with van der Waals surface area (Å²) in [6, 6.07) is 9.75. The van der Waals surface area contributed by atoms with Crippen molar-refractivity contribution in [2.24, 2.45) is 0 Å². The van der Waals surface area contributed by atoms with Gasteiger partial charge in [0.05, 0.1) is 12.6 Å². The van der Waals surface area contributed by atoms with Crippen molar-refractivity contribution in [1.29, 1.82) is 0 Å². The molecule has 2 aromatic heterocycles. The largest absolute Gasteiger partial charge is 0.443 e. The molecule has 31 heavy (non-hydrogen) atoms. The van der Waals surface area contributed by atoms with E-state index in [1.54, 1.807) is 16.7 Å². The summed E-state index contributed by atoms with van der Waals surface area (Å²) >= 11 is 0. The van der Waals surface area contributed by atoms with Gasteiger partial charge in [-0.15, -0.1) is 0 Å².